The summed E-state index contributed by atoms with van der Waals surface area (Å²) in [6, 6.07) is 7.79. The van der Waals surface area contributed by atoms with Gasteiger partial charge >= 0.3 is 0 Å². The molecule has 7 nitrogen and oxygen atoms in total. The number of rotatable bonds is 5. The van der Waals surface area contributed by atoms with Crippen molar-refractivity contribution in [3.63, 3.8) is 0 Å². The van der Waals surface area contributed by atoms with E-state index in [4.69, 9.17) is 4.42 Å². The van der Waals surface area contributed by atoms with E-state index in [-0.39, 0.29) is 11.8 Å². The van der Waals surface area contributed by atoms with E-state index in [0.717, 1.165) is 11.3 Å². The maximum atomic E-state index is 12.1. The summed E-state index contributed by atoms with van der Waals surface area (Å²) in [6.07, 6.45) is 0.679. The second kappa shape index (κ2) is 6.52. The molecule has 1 fully saturated rings. The molecule has 2 heterocycles. The molecule has 0 aliphatic carbocycles. The monoisotopic (exact) mass is 350 g/mol. The maximum absolute atomic E-state index is 12.1. The average molecular weight is 350 g/mol. The van der Waals surface area contributed by atoms with Crippen molar-refractivity contribution in [2.45, 2.75) is 32.9 Å². The van der Waals surface area contributed by atoms with E-state index in [0.29, 0.717) is 31.3 Å². The molecule has 1 aromatic heterocycles. The van der Waals surface area contributed by atoms with Gasteiger partial charge in [-0.1, -0.05) is 12.1 Å². The molecule has 0 N–H and O–H groups in total. The minimum absolute atomic E-state index is 0.0856. The lowest BCUT2D eigenvalue weighted by molar-refractivity contribution is 0.226. The molecule has 0 radical (unpaired) electrons. The zero-order chi connectivity index (χ0) is 17.3. The van der Waals surface area contributed by atoms with Crippen molar-refractivity contribution in [1.82, 2.24) is 15.1 Å². The van der Waals surface area contributed by atoms with Gasteiger partial charge in [0, 0.05) is 19.5 Å². The topological polar surface area (TPSA) is 79.5 Å². The summed E-state index contributed by atoms with van der Waals surface area (Å²) in [7, 11) is -1.19. The van der Waals surface area contributed by atoms with E-state index in [1.54, 1.807) is 6.92 Å². The van der Waals surface area contributed by atoms with Crippen LogP contribution in [-0.4, -0.2) is 42.9 Å². The summed E-state index contributed by atoms with van der Waals surface area (Å²) < 4.78 is 31.1. The van der Waals surface area contributed by atoms with Gasteiger partial charge in [-0.15, -0.1) is 10.2 Å². The van der Waals surface area contributed by atoms with E-state index in [2.05, 4.69) is 22.0 Å². The Hall–Kier alpha value is -1.93. The van der Waals surface area contributed by atoms with Crippen LogP contribution in [0.1, 0.15) is 36.7 Å². The van der Waals surface area contributed by atoms with Crippen LogP contribution >= 0.6 is 0 Å². The molecule has 8 heteroatoms. The Kier molecular flexibility index (Phi) is 4.60. The number of aryl methyl sites for hydroxylation is 1. The number of anilines is 1. The second-order valence-electron chi connectivity index (χ2n) is 6.14. The van der Waals surface area contributed by atoms with Gasteiger partial charge in [-0.05, 0) is 38.1 Å². The number of hydrogen-bond donors (Lipinski definition) is 0. The Morgan fingerprint density at radius 1 is 1.38 bits per heavy atom. The summed E-state index contributed by atoms with van der Waals surface area (Å²) in [5, 5.41) is 7.85. The van der Waals surface area contributed by atoms with Gasteiger partial charge < -0.3 is 4.42 Å². The zero-order valence-corrected chi connectivity index (χ0v) is 15.0. The molecule has 3 rings (SSSR count). The Labute approximate surface area is 142 Å². The van der Waals surface area contributed by atoms with Crippen molar-refractivity contribution in [1.29, 1.82) is 0 Å². The summed E-state index contributed by atoms with van der Waals surface area (Å²) >= 11 is 0. The van der Waals surface area contributed by atoms with E-state index in [1.165, 1.54) is 4.31 Å². The third kappa shape index (κ3) is 3.44. The predicted octanol–water partition coefficient (Wildman–Crippen LogP) is 2.11. The number of aromatic nitrogens is 2. The molecule has 0 saturated carbocycles. The molecule has 1 unspecified atom stereocenters. The fourth-order valence-corrected chi connectivity index (χ4v) is 4.43. The Morgan fingerprint density at radius 3 is 2.79 bits per heavy atom. The molecule has 130 valence electrons. The maximum Gasteiger partial charge on any atom is 0.235 e. The van der Waals surface area contributed by atoms with E-state index in [1.807, 2.05) is 31.3 Å². The van der Waals surface area contributed by atoms with Gasteiger partial charge in [-0.2, -0.15) is 0 Å². The largest absolute Gasteiger partial charge is 0.424 e. The fraction of sp³-hybridized carbons (Fsp3) is 0.500. The Bertz CT molecular complexity index is 818. The predicted molar refractivity (Wildman–Crippen MR) is 91.1 cm³/mol. The van der Waals surface area contributed by atoms with Gasteiger partial charge in [0.25, 0.3) is 0 Å². The molecule has 2 aromatic rings. The highest BCUT2D eigenvalue weighted by Gasteiger charge is 2.28. The Morgan fingerprint density at radius 2 is 2.17 bits per heavy atom. The molecule has 0 bridgehead atoms. The molecule has 1 atom stereocenters. The molecule has 1 aliphatic heterocycles. The van der Waals surface area contributed by atoms with E-state index >= 15 is 0 Å². The standard InChI is InChI=1S/C16H22N4O3S/c1-12(19(3)11-16-18-17-13(2)23-16)14-6-4-7-15(10-14)20-8-5-9-24(20,21)22/h4,6-7,10,12H,5,8-9,11H2,1-3H3. The highest BCUT2D eigenvalue weighted by atomic mass is 32.2. The lowest BCUT2D eigenvalue weighted by Crippen LogP contribution is -2.26. The van der Waals surface area contributed by atoms with Crippen molar-refractivity contribution in [3.8, 4) is 0 Å². The summed E-state index contributed by atoms with van der Waals surface area (Å²) in [6.45, 7) is 4.92. The van der Waals surface area contributed by atoms with Crippen LogP contribution < -0.4 is 4.31 Å². The van der Waals surface area contributed by atoms with E-state index < -0.39 is 10.0 Å². The van der Waals surface area contributed by atoms with Crippen molar-refractivity contribution in [2.75, 3.05) is 23.7 Å². The molecule has 1 saturated heterocycles. The van der Waals surface area contributed by atoms with Crippen molar-refractivity contribution in [3.05, 3.63) is 41.6 Å². The average Bonchev–Trinajstić information content (AvgIpc) is 3.11. The van der Waals surface area contributed by atoms with Gasteiger partial charge in [-0.3, -0.25) is 9.21 Å². The summed E-state index contributed by atoms with van der Waals surface area (Å²) in [5.74, 6) is 1.34. The van der Waals surface area contributed by atoms with Crippen LogP contribution in [0.2, 0.25) is 0 Å². The number of hydrogen-bond acceptors (Lipinski definition) is 6. The van der Waals surface area contributed by atoms with Crippen LogP contribution in [0.4, 0.5) is 5.69 Å². The van der Waals surface area contributed by atoms with Crippen LogP contribution in [-0.2, 0) is 16.6 Å². The molecule has 1 aliphatic rings. The first-order valence-corrected chi connectivity index (χ1v) is 9.57. The van der Waals surface area contributed by atoms with Crippen molar-refractivity contribution < 1.29 is 12.8 Å². The zero-order valence-electron chi connectivity index (χ0n) is 14.1. The van der Waals surface area contributed by atoms with E-state index in [9.17, 15) is 8.42 Å². The van der Waals surface area contributed by atoms with Gasteiger partial charge in [0.15, 0.2) is 0 Å². The highest BCUT2D eigenvalue weighted by molar-refractivity contribution is 7.93. The van der Waals surface area contributed by atoms with Crippen LogP contribution in [0.5, 0.6) is 0 Å². The quantitative estimate of drug-likeness (QED) is 0.822. The van der Waals surface area contributed by atoms with Crippen molar-refractivity contribution >= 4 is 15.7 Å². The first kappa shape index (κ1) is 16.9. The lowest BCUT2D eigenvalue weighted by atomic mass is 10.1. The van der Waals surface area contributed by atoms with Crippen LogP contribution in [0.15, 0.2) is 28.7 Å². The minimum atomic E-state index is -3.16. The lowest BCUT2D eigenvalue weighted by Gasteiger charge is -2.25. The second-order valence-corrected chi connectivity index (χ2v) is 8.16. The minimum Gasteiger partial charge on any atom is -0.424 e. The molecule has 1 aromatic carbocycles. The van der Waals surface area contributed by atoms with Crippen molar-refractivity contribution in [2.24, 2.45) is 0 Å². The molecule has 0 spiro atoms. The number of nitrogens with zero attached hydrogens (tertiary/aromatic N) is 4. The third-order valence-corrected chi connectivity index (χ3v) is 6.22. The normalized spacial score (nSPS) is 18.2. The highest BCUT2D eigenvalue weighted by Crippen LogP contribution is 2.28. The molecular weight excluding hydrogens is 328 g/mol. The van der Waals surface area contributed by atoms with Crippen LogP contribution in [0, 0.1) is 6.92 Å². The van der Waals surface area contributed by atoms with Crippen LogP contribution in [0.25, 0.3) is 0 Å². The molecular formula is C16H22N4O3S. The summed E-state index contributed by atoms with van der Waals surface area (Å²) in [5.41, 5.74) is 1.78. The number of benzene rings is 1. The van der Waals surface area contributed by atoms with Gasteiger partial charge in [-0.25, -0.2) is 8.42 Å². The molecule has 24 heavy (non-hydrogen) atoms. The first-order chi connectivity index (χ1) is 11.4. The first-order valence-electron chi connectivity index (χ1n) is 7.96. The summed E-state index contributed by atoms with van der Waals surface area (Å²) in [4.78, 5) is 2.09. The molecule has 0 amide bonds. The Balaban J connectivity index is 1.77. The van der Waals surface area contributed by atoms with Gasteiger partial charge in [0.2, 0.25) is 21.8 Å². The SMILES string of the molecule is Cc1nnc(CN(C)C(C)c2cccc(N3CCCS3(=O)=O)c2)o1. The van der Waals surface area contributed by atoms with Gasteiger partial charge in [0.1, 0.15) is 0 Å². The smallest absolute Gasteiger partial charge is 0.235 e. The van der Waals surface area contributed by atoms with Crippen LogP contribution in [0.3, 0.4) is 0 Å². The van der Waals surface area contributed by atoms with Gasteiger partial charge in [0.05, 0.1) is 18.0 Å². The fourth-order valence-electron chi connectivity index (χ4n) is 2.88. The number of sulfonamides is 1. The third-order valence-electron chi connectivity index (χ3n) is 4.35.